The molecule has 0 spiro atoms. The van der Waals surface area contributed by atoms with Crippen LogP contribution >= 0.6 is 0 Å². The van der Waals surface area contributed by atoms with E-state index in [4.69, 9.17) is 0 Å². The molecule has 0 saturated carbocycles. The Morgan fingerprint density at radius 1 is 0.964 bits per heavy atom. The van der Waals surface area contributed by atoms with Gasteiger partial charge in [0.1, 0.15) is 11.5 Å². The summed E-state index contributed by atoms with van der Waals surface area (Å²) in [5.41, 5.74) is 1.81. The van der Waals surface area contributed by atoms with Crippen LogP contribution in [0.1, 0.15) is 21.7 Å². The van der Waals surface area contributed by atoms with Gasteiger partial charge in [0.05, 0.1) is 0 Å². The number of rotatable bonds is 6. The van der Waals surface area contributed by atoms with Crippen LogP contribution < -0.4 is 10.6 Å². The number of carbonyl (C=O) groups excluding carboxylic acids is 1. The van der Waals surface area contributed by atoms with Gasteiger partial charge in [-0.1, -0.05) is 12.1 Å². The molecule has 8 heteroatoms. The number of halogens is 3. The van der Waals surface area contributed by atoms with E-state index in [1.165, 1.54) is 24.3 Å². The molecule has 5 nitrogen and oxygen atoms in total. The molecule has 28 heavy (non-hydrogen) atoms. The molecule has 0 fully saturated rings. The van der Waals surface area contributed by atoms with E-state index in [0.29, 0.717) is 18.7 Å². The second-order valence-electron chi connectivity index (χ2n) is 6.10. The summed E-state index contributed by atoms with van der Waals surface area (Å²) in [6.45, 7) is 2.03. The minimum Gasteiger partial charge on any atom is -0.350 e. The molecule has 0 saturated heterocycles. The third-order valence-corrected chi connectivity index (χ3v) is 3.88. The normalized spacial score (nSPS) is 10.6. The second kappa shape index (κ2) is 8.51. The highest BCUT2D eigenvalue weighted by atomic mass is 19.2. The van der Waals surface area contributed by atoms with Crippen LogP contribution in [0, 0.1) is 24.4 Å². The van der Waals surface area contributed by atoms with Gasteiger partial charge in [0.25, 0.3) is 5.91 Å². The van der Waals surface area contributed by atoms with Crippen LogP contribution in [-0.4, -0.2) is 22.4 Å². The largest absolute Gasteiger partial charge is 0.350 e. The van der Waals surface area contributed by atoms with Crippen molar-refractivity contribution in [1.29, 1.82) is 0 Å². The summed E-state index contributed by atoms with van der Waals surface area (Å²) in [5, 5.41) is 5.49. The van der Waals surface area contributed by atoms with Crippen molar-refractivity contribution < 1.29 is 18.0 Å². The van der Waals surface area contributed by atoms with E-state index in [2.05, 4.69) is 20.6 Å². The number of aryl methyl sites for hydroxylation is 1. The van der Waals surface area contributed by atoms with Gasteiger partial charge >= 0.3 is 0 Å². The minimum absolute atomic E-state index is 0.0923. The van der Waals surface area contributed by atoms with Crippen LogP contribution in [-0.2, 0) is 6.42 Å². The fraction of sp³-hybridized carbons (Fsp3) is 0.150. The van der Waals surface area contributed by atoms with Gasteiger partial charge in [0.2, 0.25) is 5.95 Å². The number of hydrogen-bond donors (Lipinski definition) is 2. The predicted molar refractivity (Wildman–Crippen MR) is 98.8 cm³/mol. The lowest BCUT2D eigenvalue weighted by molar-refractivity contribution is 0.0949. The van der Waals surface area contributed by atoms with Crippen molar-refractivity contribution in [2.75, 3.05) is 11.9 Å². The maximum atomic E-state index is 13.3. The van der Waals surface area contributed by atoms with Crippen molar-refractivity contribution in [3.05, 3.63) is 82.9 Å². The maximum absolute atomic E-state index is 13.3. The molecule has 0 unspecified atom stereocenters. The van der Waals surface area contributed by atoms with Crippen LogP contribution in [0.4, 0.5) is 24.8 Å². The Hall–Kier alpha value is -3.42. The Labute approximate surface area is 159 Å². The average molecular weight is 386 g/mol. The van der Waals surface area contributed by atoms with Gasteiger partial charge in [-0.2, -0.15) is 0 Å². The lowest BCUT2D eigenvalue weighted by Gasteiger charge is -2.09. The van der Waals surface area contributed by atoms with Gasteiger partial charge in [-0.3, -0.25) is 4.79 Å². The van der Waals surface area contributed by atoms with Crippen molar-refractivity contribution in [2.45, 2.75) is 13.3 Å². The Balaban J connectivity index is 1.65. The highest BCUT2D eigenvalue weighted by molar-refractivity contribution is 5.92. The third-order valence-electron chi connectivity index (χ3n) is 3.88. The zero-order valence-electron chi connectivity index (χ0n) is 15.0. The quantitative estimate of drug-likeness (QED) is 0.674. The molecule has 0 aliphatic carbocycles. The first kappa shape index (κ1) is 19.3. The summed E-state index contributed by atoms with van der Waals surface area (Å²) >= 11 is 0. The average Bonchev–Trinajstić information content (AvgIpc) is 2.66. The summed E-state index contributed by atoms with van der Waals surface area (Å²) < 4.78 is 39.3. The first-order valence-electron chi connectivity index (χ1n) is 8.51. The van der Waals surface area contributed by atoms with Crippen molar-refractivity contribution in [1.82, 2.24) is 15.3 Å². The van der Waals surface area contributed by atoms with E-state index in [9.17, 15) is 18.0 Å². The number of carbonyl (C=O) groups is 1. The van der Waals surface area contributed by atoms with E-state index in [1.54, 1.807) is 19.1 Å². The molecule has 1 amide bonds. The van der Waals surface area contributed by atoms with Gasteiger partial charge in [0.15, 0.2) is 11.6 Å². The Morgan fingerprint density at radius 3 is 2.43 bits per heavy atom. The highest BCUT2D eigenvalue weighted by Crippen LogP contribution is 2.17. The molecule has 0 radical (unpaired) electrons. The molecule has 144 valence electrons. The molecular formula is C20H17F3N4O. The first-order chi connectivity index (χ1) is 13.4. The van der Waals surface area contributed by atoms with Crippen molar-refractivity contribution in [3.8, 4) is 0 Å². The highest BCUT2D eigenvalue weighted by Gasteiger charge is 2.11. The molecule has 0 atom stereocenters. The molecule has 2 aromatic carbocycles. The SMILES string of the molecule is Cc1cc(C(=O)NCCc2ccc(F)cc2)nc(Nc2ccc(F)c(F)c2)n1. The number of nitrogens with one attached hydrogen (secondary N) is 2. The first-order valence-corrected chi connectivity index (χ1v) is 8.51. The van der Waals surface area contributed by atoms with Crippen molar-refractivity contribution in [2.24, 2.45) is 0 Å². The smallest absolute Gasteiger partial charge is 0.270 e. The summed E-state index contributed by atoms with van der Waals surface area (Å²) in [6.07, 6.45) is 0.538. The van der Waals surface area contributed by atoms with Crippen LogP contribution in [0.5, 0.6) is 0 Å². The molecule has 3 rings (SSSR count). The summed E-state index contributed by atoms with van der Waals surface area (Å²) in [7, 11) is 0. The Kier molecular flexibility index (Phi) is 5.88. The monoisotopic (exact) mass is 386 g/mol. The van der Waals surface area contributed by atoms with Gasteiger partial charge in [-0.25, -0.2) is 23.1 Å². The molecule has 0 bridgehead atoms. The van der Waals surface area contributed by atoms with Gasteiger partial charge in [-0.05, 0) is 49.2 Å². The molecule has 0 aliphatic heterocycles. The third kappa shape index (κ3) is 5.06. The molecular weight excluding hydrogens is 369 g/mol. The van der Waals surface area contributed by atoms with Crippen LogP contribution in [0.3, 0.4) is 0 Å². The summed E-state index contributed by atoms with van der Waals surface area (Å²) in [6, 6.07) is 10.8. The predicted octanol–water partition coefficient (Wildman–Crippen LogP) is 3.92. The van der Waals surface area contributed by atoms with E-state index in [0.717, 1.165) is 17.7 Å². The molecule has 0 aliphatic rings. The van der Waals surface area contributed by atoms with Crippen molar-refractivity contribution in [3.63, 3.8) is 0 Å². The molecule has 2 N–H and O–H groups in total. The van der Waals surface area contributed by atoms with Gasteiger partial charge in [-0.15, -0.1) is 0 Å². The maximum Gasteiger partial charge on any atom is 0.270 e. The molecule has 1 aromatic heterocycles. The molecule has 3 aromatic rings. The van der Waals surface area contributed by atoms with Gasteiger partial charge < -0.3 is 10.6 Å². The van der Waals surface area contributed by atoms with Crippen LogP contribution in [0.2, 0.25) is 0 Å². The zero-order chi connectivity index (χ0) is 20.1. The number of anilines is 2. The number of benzene rings is 2. The summed E-state index contributed by atoms with van der Waals surface area (Å²) in [4.78, 5) is 20.6. The molecule has 1 heterocycles. The fourth-order valence-corrected chi connectivity index (χ4v) is 2.51. The van der Waals surface area contributed by atoms with Gasteiger partial charge in [0, 0.05) is 24.0 Å². The zero-order valence-corrected chi connectivity index (χ0v) is 15.0. The van der Waals surface area contributed by atoms with Crippen LogP contribution in [0.15, 0.2) is 48.5 Å². The lowest BCUT2D eigenvalue weighted by Crippen LogP contribution is -2.27. The van der Waals surface area contributed by atoms with E-state index < -0.39 is 17.5 Å². The van der Waals surface area contributed by atoms with E-state index in [1.807, 2.05) is 0 Å². The van der Waals surface area contributed by atoms with Crippen LogP contribution in [0.25, 0.3) is 0 Å². The van der Waals surface area contributed by atoms with E-state index >= 15 is 0 Å². The topological polar surface area (TPSA) is 66.9 Å². The fourth-order valence-electron chi connectivity index (χ4n) is 2.51. The number of aromatic nitrogens is 2. The lowest BCUT2D eigenvalue weighted by atomic mass is 10.1. The van der Waals surface area contributed by atoms with Crippen molar-refractivity contribution >= 4 is 17.5 Å². The Morgan fingerprint density at radius 2 is 1.71 bits per heavy atom. The number of hydrogen-bond acceptors (Lipinski definition) is 4. The summed E-state index contributed by atoms with van der Waals surface area (Å²) in [5.74, 6) is -2.59. The standard InChI is InChI=1S/C20H17F3N4O/c1-12-10-18(19(28)24-9-8-13-2-4-14(21)5-3-13)27-20(25-12)26-15-6-7-16(22)17(23)11-15/h2-7,10-11H,8-9H2,1H3,(H,24,28)(H,25,26,27). The Bertz CT molecular complexity index is 993. The number of nitrogens with zero attached hydrogens (tertiary/aromatic N) is 2. The second-order valence-corrected chi connectivity index (χ2v) is 6.10. The number of amides is 1. The van der Waals surface area contributed by atoms with E-state index in [-0.39, 0.29) is 23.1 Å². The minimum atomic E-state index is -1.00.